The minimum Gasteiger partial charge on any atom is -0.457 e. The topological polar surface area (TPSA) is 42.1 Å². The number of halogens is 2. The van der Waals surface area contributed by atoms with Crippen LogP contribution in [0.4, 0.5) is 0 Å². The maximum Gasteiger partial charge on any atom is 0.204 e. The van der Waals surface area contributed by atoms with Crippen LogP contribution in [0.25, 0.3) is 11.1 Å². The molecule has 0 bridgehead atoms. The van der Waals surface area contributed by atoms with Gasteiger partial charge >= 0.3 is 0 Å². The molecule has 0 atom stereocenters. The van der Waals surface area contributed by atoms with E-state index in [1.165, 1.54) is 0 Å². The van der Waals surface area contributed by atoms with Crippen molar-refractivity contribution in [1.82, 2.24) is 4.98 Å². The minimum atomic E-state index is -0.0348. The fourth-order valence-corrected chi connectivity index (χ4v) is 2.97. The summed E-state index contributed by atoms with van der Waals surface area (Å²) in [5.74, 6) is 1.34. The number of pyridine rings is 1. The van der Waals surface area contributed by atoms with Crippen molar-refractivity contribution in [2.24, 2.45) is 0 Å². The van der Waals surface area contributed by atoms with Crippen LogP contribution in [-0.2, 0) is 0 Å². The van der Waals surface area contributed by atoms with Gasteiger partial charge in [-0.25, -0.2) is 0 Å². The van der Waals surface area contributed by atoms with Gasteiger partial charge in [0.1, 0.15) is 11.5 Å². The molecule has 0 saturated carbocycles. The molecule has 3 aromatic rings. The Morgan fingerprint density at radius 1 is 1.00 bits per heavy atom. The first kappa shape index (κ1) is 16.8. The number of rotatable bonds is 3. The molecule has 0 aliphatic rings. The average Bonchev–Trinajstić information content (AvgIpc) is 2.55. The van der Waals surface area contributed by atoms with Crippen molar-refractivity contribution < 1.29 is 4.74 Å². The summed E-state index contributed by atoms with van der Waals surface area (Å²) < 4.78 is 6.39. The lowest BCUT2D eigenvalue weighted by atomic mass is 10.0. The van der Waals surface area contributed by atoms with E-state index in [0.29, 0.717) is 26.6 Å². The molecule has 0 amide bonds. The van der Waals surface area contributed by atoms with Crippen molar-refractivity contribution in [3.8, 4) is 22.6 Å². The highest BCUT2D eigenvalue weighted by Gasteiger charge is 2.13. The van der Waals surface area contributed by atoms with Crippen LogP contribution >= 0.6 is 27.5 Å². The number of aromatic nitrogens is 1. The van der Waals surface area contributed by atoms with Gasteiger partial charge in [0.2, 0.25) is 5.43 Å². The molecule has 0 aliphatic carbocycles. The van der Waals surface area contributed by atoms with E-state index in [1.807, 2.05) is 38.1 Å². The van der Waals surface area contributed by atoms with Crippen LogP contribution < -0.4 is 10.2 Å². The number of aryl methyl sites for hydroxylation is 2. The van der Waals surface area contributed by atoms with Crippen LogP contribution in [-0.4, -0.2) is 4.98 Å². The molecule has 5 heteroatoms. The van der Waals surface area contributed by atoms with Gasteiger partial charge in [0.15, 0.2) is 0 Å². The van der Waals surface area contributed by atoms with E-state index in [9.17, 15) is 4.79 Å². The maximum atomic E-state index is 12.6. The molecule has 0 fully saturated rings. The molecule has 1 aromatic heterocycles. The van der Waals surface area contributed by atoms with Crippen molar-refractivity contribution in [2.75, 3.05) is 0 Å². The van der Waals surface area contributed by atoms with Gasteiger partial charge in [0.25, 0.3) is 0 Å². The number of nitrogens with one attached hydrogen (secondary N) is 1. The molecule has 0 spiro atoms. The summed E-state index contributed by atoms with van der Waals surface area (Å²) in [4.78, 5) is 15.8. The first-order chi connectivity index (χ1) is 11.5. The predicted octanol–water partition coefficient (Wildman–Crippen LogP) is 5.87. The van der Waals surface area contributed by atoms with Crippen LogP contribution in [0.1, 0.15) is 11.4 Å². The molecule has 122 valence electrons. The lowest BCUT2D eigenvalue weighted by Gasteiger charge is -2.11. The number of aromatic amines is 1. The second-order valence-corrected chi connectivity index (χ2v) is 6.71. The van der Waals surface area contributed by atoms with Crippen LogP contribution in [0, 0.1) is 13.8 Å². The number of hydrogen-bond acceptors (Lipinski definition) is 2. The molecule has 0 aliphatic heterocycles. The second kappa shape index (κ2) is 6.83. The van der Waals surface area contributed by atoms with Crippen molar-refractivity contribution in [2.45, 2.75) is 13.8 Å². The first-order valence-electron chi connectivity index (χ1n) is 7.38. The smallest absolute Gasteiger partial charge is 0.204 e. The second-order valence-electron chi connectivity index (χ2n) is 5.48. The van der Waals surface area contributed by atoms with Crippen molar-refractivity contribution in [1.29, 1.82) is 0 Å². The SMILES string of the molecule is Cc1[nH]c(C)c(-c2cccc(Oc3ccc(Cl)cc3)c2)c(=O)c1Br. The van der Waals surface area contributed by atoms with E-state index >= 15 is 0 Å². The van der Waals surface area contributed by atoms with Gasteiger partial charge in [-0.2, -0.15) is 0 Å². The zero-order valence-electron chi connectivity index (χ0n) is 13.2. The summed E-state index contributed by atoms with van der Waals surface area (Å²) in [5.41, 5.74) is 3.04. The Hall–Kier alpha value is -2.04. The van der Waals surface area contributed by atoms with Crippen LogP contribution in [0.5, 0.6) is 11.5 Å². The van der Waals surface area contributed by atoms with Crippen molar-refractivity contribution in [3.63, 3.8) is 0 Å². The third-order valence-corrected chi connectivity index (χ3v) is 4.88. The highest BCUT2D eigenvalue weighted by Crippen LogP contribution is 2.28. The van der Waals surface area contributed by atoms with Gasteiger partial charge in [-0.15, -0.1) is 0 Å². The Labute approximate surface area is 153 Å². The zero-order chi connectivity index (χ0) is 17.3. The number of hydrogen-bond donors (Lipinski definition) is 1. The quantitative estimate of drug-likeness (QED) is 0.593. The molecule has 0 unspecified atom stereocenters. The monoisotopic (exact) mass is 403 g/mol. The van der Waals surface area contributed by atoms with Gasteiger partial charge in [0, 0.05) is 22.0 Å². The summed E-state index contributed by atoms with van der Waals surface area (Å²) in [5, 5.41) is 0.655. The van der Waals surface area contributed by atoms with Crippen LogP contribution in [0.3, 0.4) is 0 Å². The number of benzene rings is 2. The zero-order valence-corrected chi connectivity index (χ0v) is 15.5. The van der Waals surface area contributed by atoms with Gasteiger partial charge < -0.3 is 9.72 Å². The lowest BCUT2D eigenvalue weighted by molar-refractivity contribution is 0.483. The molecule has 3 rings (SSSR count). The molecular formula is C19H15BrClNO2. The summed E-state index contributed by atoms with van der Waals surface area (Å²) >= 11 is 9.24. The summed E-state index contributed by atoms with van der Waals surface area (Å²) in [6.07, 6.45) is 0. The Morgan fingerprint density at radius 2 is 1.71 bits per heavy atom. The fraction of sp³-hybridized carbons (Fsp3) is 0.105. The first-order valence-corrected chi connectivity index (χ1v) is 8.55. The number of H-pyrrole nitrogens is 1. The Balaban J connectivity index is 2.01. The van der Waals surface area contributed by atoms with Crippen LogP contribution in [0.2, 0.25) is 5.02 Å². The maximum absolute atomic E-state index is 12.6. The van der Waals surface area contributed by atoms with Gasteiger partial charge in [-0.05, 0) is 71.7 Å². The largest absolute Gasteiger partial charge is 0.457 e. The minimum absolute atomic E-state index is 0.0348. The highest BCUT2D eigenvalue weighted by atomic mass is 79.9. The lowest BCUT2D eigenvalue weighted by Crippen LogP contribution is -2.11. The van der Waals surface area contributed by atoms with Crippen LogP contribution in [0.15, 0.2) is 57.8 Å². The highest BCUT2D eigenvalue weighted by molar-refractivity contribution is 9.10. The van der Waals surface area contributed by atoms with E-state index in [4.69, 9.17) is 16.3 Å². The molecule has 0 saturated heterocycles. The fourth-order valence-electron chi connectivity index (χ4n) is 2.55. The predicted molar refractivity (Wildman–Crippen MR) is 101 cm³/mol. The third-order valence-electron chi connectivity index (χ3n) is 3.68. The van der Waals surface area contributed by atoms with Gasteiger partial charge in [-0.1, -0.05) is 23.7 Å². The molecule has 2 aromatic carbocycles. The average molecular weight is 405 g/mol. The molecule has 1 N–H and O–H groups in total. The molecule has 0 radical (unpaired) electrons. The molecule has 24 heavy (non-hydrogen) atoms. The van der Waals surface area contributed by atoms with Gasteiger partial charge in [0.05, 0.1) is 4.47 Å². The van der Waals surface area contributed by atoms with E-state index in [2.05, 4.69) is 20.9 Å². The van der Waals surface area contributed by atoms with E-state index < -0.39 is 0 Å². The Bertz CT molecular complexity index is 949. The normalized spacial score (nSPS) is 10.7. The van der Waals surface area contributed by atoms with E-state index in [0.717, 1.165) is 17.0 Å². The van der Waals surface area contributed by atoms with E-state index in [1.54, 1.807) is 24.3 Å². The Kier molecular flexibility index (Phi) is 4.78. The summed E-state index contributed by atoms with van der Waals surface area (Å²) in [7, 11) is 0. The molecular weight excluding hydrogens is 390 g/mol. The summed E-state index contributed by atoms with van der Waals surface area (Å²) in [6, 6.07) is 14.6. The molecule has 3 nitrogen and oxygen atoms in total. The third kappa shape index (κ3) is 3.40. The standard InChI is InChI=1S/C19H15BrClNO2/c1-11-17(19(23)18(20)12(2)22-11)13-4-3-5-16(10-13)24-15-8-6-14(21)7-9-15/h3-10H,1-2H3,(H,22,23). The summed E-state index contributed by atoms with van der Waals surface area (Å²) in [6.45, 7) is 3.76. The molecule has 1 heterocycles. The van der Waals surface area contributed by atoms with E-state index in [-0.39, 0.29) is 5.43 Å². The Morgan fingerprint density at radius 3 is 2.42 bits per heavy atom. The van der Waals surface area contributed by atoms with Crippen molar-refractivity contribution in [3.05, 3.63) is 79.6 Å². The number of ether oxygens (including phenoxy) is 1. The van der Waals surface area contributed by atoms with Gasteiger partial charge in [-0.3, -0.25) is 4.79 Å². The van der Waals surface area contributed by atoms with Crippen molar-refractivity contribution >= 4 is 27.5 Å².